The predicted molar refractivity (Wildman–Crippen MR) is 50.0 cm³/mol. The highest BCUT2D eigenvalue weighted by atomic mass is 16.7. The van der Waals surface area contributed by atoms with Crippen LogP contribution in [0.3, 0.4) is 0 Å². The molecule has 0 atom stereocenters. The molecule has 0 aliphatic heterocycles. The number of methoxy groups -OCH3 is 2. The van der Waals surface area contributed by atoms with Gasteiger partial charge in [-0.2, -0.15) is 0 Å². The van der Waals surface area contributed by atoms with Crippen molar-refractivity contribution in [2.75, 3.05) is 21.0 Å². The Hall–Kier alpha value is -1.22. The van der Waals surface area contributed by atoms with E-state index < -0.39 is 0 Å². The minimum absolute atomic E-state index is 0.197. The fraction of sp³-hybridized carbons (Fsp3) is 0.300. The lowest BCUT2D eigenvalue weighted by Crippen LogP contribution is -2.02. The molecule has 0 bridgehead atoms. The third kappa shape index (κ3) is 2.36. The number of hydrogen-bond acceptors (Lipinski definition) is 3. The van der Waals surface area contributed by atoms with Gasteiger partial charge in [-0.05, 0) is 18.6 Å². The Labute approximate surface area is 78.2 Å². The second-order valence-electron chi connectivity index (χ2n) is 2.50. The summed E-state index contributed by atoms with van der Waals surface area (Å²) in [6, 6.07) is 5.54. The van der Waals surface area contributed by atoms with Gasteiger partial charge in [-0.25, -0.2) is 0 Å². The minimum atomic E-state index is 0.197. The molecule has 0 aromatic heterocycles. The normalized spacial score (nSPS) is 9.77. The maximum absolute atomic E-state index is 5.30. The SMILES string of the molecule is [CH2]c1cccc(OC)c1OCOC. The molecule has 1 aromatic rings. The molecule has 1 radical (unpaired) electrons. The largest absolute Gasteiger partial charge is 0.493 e. The van der Waals surface area contributed by atoms with Gasteiger partial charge in [-0.15, -0.1) is 0 Å². The van der Waals surface area contributed by atoms with Gasteiger partial charge in [0.15, 0.2) is 18.3 Å². The Morgan fingerprint density at radius 3 is 2.69 bits per heavy atom. The van der Waals surface area contributed by atoms with Crippen LogP contribution in [0.4, 0.5) is 0 Å². The maximum Gasteiger partial charge on any atom is 0.188 e. The Balaban J connectivity index is 2.87. The molecule has 0 heterocycles. The summed E-state index contributed by atoms with van der Waals surface area (Å²) >= 11 is 0. The van der Waals surface area contributed by atoms with E-state index in [1.54, 1.807) is 14.2 Å². The molecule has 1 aromatic carbocycles. The molecule has 0 saturated heterocycles. The van der Waals surface area contributed by atoms with E-state index in [4.69, 9.17) is 14.2 Å². The molecular formula is C10H13O3. The molecule has 0 aliphatic rings. The van der Waals surface area contributed by atoms with E-state index in [0.29, 0.717) is 11.5 Å². The van der Waals surface area contributed by atoms with Gasteiger partial charge >= 0.3 is 0 Å². The third-order valence-corrected chi connectivity index (χ3v) is 1.60. The molecule has 0 spiro atoms. The quantitative estimate of drug-likeness (QED) is 0.663. The van der Waals surface area contributed by atoms with Crippen molar-refractivity contribution in [3.05, 3.63) is 30.7 Å². The van der Waals surface area contributed by atoms with Crippen LogP contribution >= 0.6 is 0 Å². The van der Waals surface area contributed by atoms with Crippen LogP contribution in [-0.2, 0) is 4.74 Å². The molecule has 0 fully saturated rings. The van der Waals surface area contributed by atoms with Crippen LogP contribution in [0.5, 0.6) is 11.5 Å². The number of hydrogen-bond donors (Lipinski definition) is 0. The zero-order chi connectivity index (χ0) is 9.68. The standard InChI is InChI=1S/C10H13O3/c1-8-5-4-6-9(12-3)10(8)13-7-11-2/h4-6H,1,7H2,2-3H3. The van der Waals surface area contributed by atoms with Gasteiger partial charge in [-0.3, -0.25) is 0 Å². The van der Waals surface area contributed by atoms with E-state index in [-0.39, 0.29) is 6.79 Å². The molecule has 0 unspecified atom stereocenters. The lowest BCUT2D eigenvalue weighted by atomic mass is 10.2. The fourth-order valence-electron chi connectivity index (χ4n) is 1.00. The van der Waals surface area contributed by atoms with Gasteiger partial charge < -0.3 is 14.2 Å². The summed E-state index contributed by atoms with van der Waals surface area (Å²) in [5, 5.41) is 0. The van der Waals surface area contributed by atoms with E-state index in [9.17, 15) is 0 Å². The van der Waals surface area contributed by atoms with Gasteiger partial charge in [0.05, 0.1) is 7.11 Å². The molecule has 1 rings (SSSR count). The predicted octanol–water partition coefficient (Wildman–Crippen LogP) is 1.86. The second-order valence-corrected chi connectivity index (χ2v) is 2.50. The third-order valence-electron chi connectivity index (χ3n) is 1.60. The van der Waals surface area contributed by atoms with E-state index in [1.807, 2.05) is 18.2 Å². The summed E-state index contributed by atoms with van der Waals surface area (Å²) in [5.41, 5.74) is 0.788. The summed E-state index contributed by atoms with van der Waals surface area (Å²) in [4.78, 5) is 0. The van der Waals surface area contributed by atoms with Crippen LogP contribution in [0, 0.1) is 6.92 Å². The monoisotopic (exact) mass is 181 g/mol. The summed E-state index contributed by atoms with van der Waals surface area (Å²) in [5.74, 6) is 1.30. The van der Waals surface area contributed by atoms with Crippen molar-refractivity contribution in [3.8, 4) is 11.5 Å². The Bertz CT molecular complexity index is 271. The first-order valence-corrected chi connectivity index (χ1v) is 3.90. The average molecular weight is 181 g/mol. The van der Waals surface area contributed by atoms with Crippen LogP contribution in [0.15, 0.2) is 18.2 Å². The van der Waals surface area contributed by atoms with Crippen molar-refractivity contribution in [3.63, 3.8) is 0 Å². The van der Waals surface area contributed by atoms with Gasteiger partial charge in [0.1, 0.15) is 0 Å². The number of para-hydroxylation sites is 1. The highest BCUT2D eigenvalue weighted by Crippen LogP contribution is 2.30. The van der Waals surface area contributed by atoms with Crippen molar-refractivity contribution >= 4 is 0 Å². The number of benzene rings is 1. The molecule has 0 saturated carbocycles. The maximum atomic E-state index is 5.30. The molecule has 0 amide bonds. The summed E-state index contributed by atoms with van der Waals surface area (Å²) in [6.45, 7) is 4.02. The first-order valence-electron chi connectivity index (χ1n) is 3.90. The van der Waals surface area contributed by atoms with Gasteiger partial charge in [0, 0.05) is 7.11 Å². The molecule has 0 N–H and O–H groups in total. The first kappa shape index (κ1) is 9.86. The van der Waals surface area contributed by atoms with Crippen molar-refractivity contribution in [2.24, 2.45) is 0 Å². The van der Waals surface area contributed by atoms with Gasteiger partial charge in [0.2, 0.25) is 0 Å². The minimum Gasteiger partial charge on any atom is -0.493 e. The van der Waals surface area contributed by atoms with E-state index >= 15 is 0 Å². The van der Waals surface area contributed by atoms with Crippen LogP contribution in [-0.4, -0.2) is 21.0 Å². The average Bonchev–Trinajstić information content (AvgIpc) is 2.15. The fourth-order valence-corrected chi connectivity index (χ4v) is 1.00. The zero-order valence-corrected chi connectivity index (χ0v) is 7.87. The van der Waals surface area contributed by atoms with Crippen LogP contribution in [0.2, 0.25) is 0 Å². The zero-order valence-electron chi connectivity index (χ0n) is 7.87. The van der Waals surface area contributed by atoms with E-state index in [2.05, 4.69) is 6.92 Å². The topological polar surface area (TPSA) is 27.7 Å². The van der Waals surface area contributed by atoms with Crippen LogP contribution in [0.25, 0.3) is 0 Å². The molecule has 3 nitrogen and oxygen atoms in total. The molecule has 0 aliphatic carbocycles. The number of rotatable bonds is 4. The summed E-state index contributed by atoms with van der Waals surface area (Å²) in [6.07, 6.45) is 0. The summed E-state index contributed by atoms with van der Waals surface area (Å²) < 4.78 is 15.2. The lowest BCUT2D eigenvalue weighted by Gasteiger charge is -2.11. The van der Waals surface area contributed by atoms with E-state index in [0.717, 1.165) is 5.56 Å². The molecule has 71 valence electrons. The van der Waals surface area contributed by atoms with Crippen LogP contribution < -0.4 is 9.47 Å². The first-order chi connectivity index (χ1) is 6.29. The van der Waals surface area contributed by atoms with Crippen molar-refractivity contribution in [1.82, 2.24) is 0 Å². The van der Waals surface area contributed by atoms with Crippen molar-refractivity contribution in [2.45, 2.75) is 0 Å². The lowest BCUT2D eigenvalue weighted by molar-refractivity contribution is 0.0488. The molecule has 3 heteroatoms. The molecular weight excluding hydrogens is 168 g/mol. The Kier molecular flexibility index (Phi) is 3.58. The summed E-state index contributed by atoms with van der Waals surface area (Å²) in [7, 11) is 3.16. The smallest absolute Gasteiger partial charge is 0.188 e. The van der Waals surface area contributed by atoms with Crippen molar-refractivity contribution < 1.29 is 14.2 Å². The molecule has 13 heavy (non-hydrogen) atoms. The Morgan fingerprint density at radius 2 is 2.08 bits per heavy atom. The van der Waals surface area contributed by atoms with E-state index in [1.165, 1.54) is 0 Å². The highest BCUT2D eigenvalue weighted by molar-refractivity contribution is 5.47. The van der Waals surface area contributed by atoms with Crippen LogP contribution in [0.1, 0.15) is 5.56 Å². The Morgan fingerprint density at radius 1 is 1.31 bits per heavy atom. The second kappa shape index (κ2) is 4.72. The highest BCUT2D eigenvalue weighted by Gasteiger charge is 2.06. The number of ether oxygens (including phenoxy) is 3. The van der Waals surface area contributed by atoms with Crippen molar-refractivity contribution in [1.29, 1.82) is 0 Å². The van der Waals surface area contributed by atoms with Gasteiger partial charge in [0.25, 0.3) is 0 Å². The van der Waals surface area contributed by atoms with Gasteiger partial charge in [-0.1, -0.05) is 12.1 Å².